The van der Waals surface area contributed by atoms with E-state index in [1.807, 2.05) is 27.7 Å². The van der Waals surface area contributed by atoms with Crippen LogP contribution >= 0.6 is 0 Å². The molecule has 1 unspecified atom stereocenters. The van der Waals surface area contributed by atoms with Gasteiger partial charge in [0.05, 0.1) is 0 Å². The van der Waals surface area contributed by atoms with Crippen LogP contribution in [0.25, 0.3) is 0 Å². The summed E-state index contributed by atoms with van der Waals surface area (Å²) in [5, 5.41) is 8.47. The molecule has 15 heavy (non-hydrogen) atoms. The molecule has 0 aromatic rings. The van der Waals surface area contributed by atoms with E-state index < -0.39 is 11.6 Å². The second-order valence-corrected chi connectivity index (χ2v) is 4.83. The third-order valence-electron chi connectivity index (χ3n) is 1.79. The minimum atomic E-state index is -0.828. The van der Waals surface area contributed by atoms with Crippen LogP contribution in [0.1, 0.15) is 47.0 Å². The maximum atomic E-state index is 11.3. The molecule has 0 rings (SSSR count). The van der Waals surface area contributed by atoms with Crippen molar-refractivity contribution in [3.05, 3.63) is 0 Å². The van der Waals surface area contributed by atoms with Crippen LogP contribution in [0, 0.1) is 5.92 Å². The van der Waals surface area contributed by atoms with E-state index in [0.717, 1.165) is 0 Å². The number of carbonyl (C=O) groups excluding carboxylic acids is 1. The van der Waals surface area contributed by atoms with Crippen molar-refractivity contribution < 1.29 is 19.4 Å². The van der Waals surface area contributed by atoms with E-state index in [2.05, 4.69) is 0 Å². The lowest BCUT2D eigenvalue weighted by molar-refractivity contribution is -0.156. The zero-order chi connectivity index (χ0) is 12.1. The minimum Gasteiger partial charge on any atom is -0.481 e. The third kappa shape index (κ3) is 9.25. The molecule has 0 aliphatic carbocycles. The average Bonchev–Trinajstić information content (AvgIpc) is 1.96. The number of rotatable bonds is 5. The number of hydrogen-bond donors (Lipinski definition) is 1. The maximum absolute atomic E-state index is 11.3. The number of hydrogen-bond acceptors (Lipinski definition) is 3. The number of aliphatic carboxylic acids is 1. The van der Waals surface area contributed by atoms with Gasteiger partial charge >= 0.3 is 11.9 Å². The van der Waals surface area contributed by atoms with Crippen LogP contribution in [0.5, 0.6) is 0 Å². The van der Waals surface area contributed by atoms with Gasteiger partial charge in [-0.15, -0.1) is 0 Å². The molecular weight excluding hydrogens is 196 g/mol. The molecule has 0 saturated carbocycles. The summed E-state index contributed by atoms with van der Waals surface area (Å²) in [5.41, 5.74) is -0.469. The second-order valence-electron chi connectivity index (χ2n) is 4.83. The molecule has 4 nitrogen and oxygen atoms in total. The van der Waals surface area contributed by atoms with Crippen molar-refractivity contribution in [2.24, 2.45) is 5.92 Å². The Balaban J connectivity index is 3.81. The lowest BCUT2D eigenvalue weighted by Crippen LogP contribution is -2.25. The van der Waals surface area contributed by atoms with Crippen LogP contribution in [0.4, 0.5) is 0 Å². The Hall–Kier alpha value is -1.06. The Kier molecular flexibility index (Phi) is 5.33. The molecule has 0 fully saturated rings. The molecule has 0 radical (unpaired) electrons. The van der Waals surface area contributed by atoms with Gasteiger partial charge in [0.15, 0.2) is 0 Å². The second kappa shape index (κ2) is 5.73. The summed E-state index contributed by atoms with van der Waals surface area (Å²) in [6.45, 7) is 7.29. The summed E-state index contributed by atoms with van der Waals surface area (Å²) in [6, 6.07) is 0. The highest BCUT2D eigenvalue weighted by atomic mass is 16.6. The van der Waals surface area contributed by atoms with Gasteiger partial charge in [0.25, 0.3) is 0 Å². The molecule has 0 bridgehead atoms. The molecule has 0 saturated heterocycles. The SMILES string of the molecule is CC(CCC(=O)O)CC(=O)OC(C)(C)C. The Morgan fingerprint density at radius 1 is 1.33 bits per heavy atom. The van der Waals surface area contributed by atoms with Crippen LogP contribution in [0.3, 0.4) is 0 Å². The molecule has 1 N–H and O–H groups in total. The highest BCUT2D eigenvalue weighted by Crippen LogP contribution is 2.15. The fourth-order valence-electron chi connectivity index (χ4n) is 1.14. The van der Waals surface area contributed by atoms with Crippen LogP contribution in [-0.4, -0.2) is 22.6 Å². The van der Waals surface area contributed by atoms with Crippen LogP contribution in [0.2, 0.25) is 0 Å². The summed E-state index contributed by atoms with van der Waals surface area (Å²) in [5.74, 6) is -1.04. The topological polar surface area (TPSA) is 63.6 Å². The molecule has 1 atom stereocenters. The van der Waals surface area contributed by atoms with Gasteiger partial charge in [0.1, 0.15) is 5.60 Å². The van der Waals surface area contributed by atoms with Gasteiger partial charge in [-0.25, -0.2) is 0 Å². The third-order valence-corrected chi connectivity index (χ3v) is 1.79. The first kappa shape index (κ1) is 13.9. The first-order valence-corrected chi connectivity index (χ1v) is 5.14. The Morgan fingerprint density at radius 2 is 1.87 bits per heavy atom. The van der Waals surface area contributed by atoms with E-state index in [4.69, 9.17) is 9.84 Å². The highest BCUT2D eigenvalue weighted by molar-refractivity contribution is 5.70. The van der Waals surface area contributed by atoms with Crippen LogP contribution < -0.4 is 0 Å². The molecule has 0 amide bonds. The van der Waals surface area contributed by atoms with Crippen molar-refractivity contribution in [2.45, 2.75) is 52.6 Å². The molecule has 0 aromatic carbocycles. The smallest absolute Gasteiger partial charge is 0.306 e. The van der Waals surface area contributed by atoms with Crippen molar-refractivity contribution in [1.29, 1.82) is 0 Å². The van der Waals surface area contributed by atoms with E-state index in [0.29, 0.717) is 6.42 Å². The average molecular weight is 216 g/mol. The molecule has 0 aliphatic heterocycles. The molecular formula is C11H20O4. The molecule has 4 heteroatoms. The van der Waals surface area contributed by atoms with E-state index in [9.17, 15) is 9.59 Å². The number of esters is 1. The fourth-order valence-corrected chi connectivity index (χ4v) is 1.14. The van der Waals surface area contributed by atoms with E-state index in [-0.39, 0.29) is 24.7 Å². The quantitative estimate of drug-likeness (QED) is 0.716. The van der Waals surface area contributed by atoms with Gasteiger partial charge in [0, 0.05) is 12.8 Å². The first-order valence-electron chi connectivity index (χ1n) is 5.14. The monoisotopic (exact) mass is 216 g/mol. The van der Waals surface area contributed by atoms with Gasteiger partial charge in [-0.1, -0.05) is 6.92 Å². The molecule has 88 valence electrons. The summed E-state index contributed by atoms with van der Waals surface area (Å²) < 4.78 is 5.13. The zero-order valence-electron chi connectivity index (χ0n) is 9.87. The lowest BCUT2D eigenvalue weighted by Gasteiger charge is -2.20. The van der Waals surface area contributed by atoms with Crippen molar-refractivity contribution in [3.63, 3.8) is 0 Å². The van der Waals surface area contributed by atoms with Crippen molar-refractivity contribution in [1.82, 2.24) is 0 Å². The van der Waals surface area contributed by atoms with E-state index in [1.54, 1.807) is 0 Å². The zero-order valence-corrected chi connectivity index (χ0v) is 9.87. The Morgan fingerprint density at radius 3 is 2.27 bits per heavy atom. The molecule has 0 aromatic heterocycles. The number of carboxylic acids is 1. The van der Waals surface area contributed by atoms with Crippen LogP contribution in [0.15, 0.2) is 0 Å². The van der Waals surface area contributed by atoms with Gasteiger partial charge < -0.3 is 9.84 Å². The van der Waals surface area contributed by atoms with Gasteiger partial charge in [-0.05, 0) is 33.1 Å². The Bertz CT molecular complexity index is 227. The molecule has 0 spiro atoms. The summed E-state index contributed by atoms with van der Waals surface area (Å²) in [7, 11) is 0. The minimum absolute atomic E-state index is 0.0518. The summed E-state index contributed by atoms with van der Waals surface area (Å²) in [4.78, 5) is 21.6. The predicted molar refractivity (Wildman–Crippen MR) is 56.5 cm³/mol. The molecule has 0 heterocycles. The van der Waals surface area contributed by atoms with E-state index >= 15 is 0 Å². The predicted octanol–water partition coefficient (Wildman–Crippen LogP) is 2.22. The highest BCUT2D eigenvalue weighted by Gasteiger charge is 2.18. The largest absolute Gasteiger partial charge is 0.481 e. The summed E-state index contributed by atoms with van der Waals surface area (Å²) in [6.07, 6.45) is 0.892. The first-order chi connectivity index (χ1) is 6.70. The number of carboxylic acid groups (broad SMARTS) is 1. The van der Waals surface area contributed by atoms with Crippen molar-refractivity contribution in [3.8, 4) is 0 Å². The Labute approximate surface area is 90.6 Å². The van der Waals surface area contributed by atoms with Gasteiger partial charge in [0.2, 0.25) is 0 Å². The standard InChI is InChI=1S/C11H20O4/c1-8(5-6-9(12)13)7-10(14)15-11(2,3)4/h8H,5-7H2,1-4H3,(H,12,13). The number of ether oxygens (including phenoxy) is 1. The maximum Gasteiger partial charge on any atom is 0.306 e. The fraction of sp³-hybridized carbons (Fsp3) is 0.818. The molecule has 0 aliphatic rings. The van der Waals surface area contributed by atoms with Crippen LogP contribution in [-0.2, 0) is 14.3 Å². The lowest BCUT2D eigenvalue weighted by atomic mass is 10.0. The van der Waals surface area contributed by atoms with Crippen molar-refractivity contribution >= 4 is 11.9 Å². The van der Waals surface area contributed by atoms with Gasteiger partial charge in [-0.2, -0.15) is 0 Å². The normalized spacial score (nSPS) is 13.3. The van der Waals surface area contributed by atoms with E-state index in [1.165, 1.54) is 0 Å². The number of carbonyl (C=O) groups is 2. The van der Waals surface area contributed by atoms with Gasteiger partial charge in [-0.3, -0.25) is 9.59 Å². The van der Waals surface area contributed by atoms with Crippen molar-refractivity contribution in [2.75, 3.05) is 0 Å². The summed E-state index contributed by atoms with van der Waals surface area (Å²) >= 11 is 0.